The van der Waals surface area contributed by atoms with E-state index in [1.54, 1.807) is 20.8 Å². The summed E-state index contributed by atoms with van der Waals surface area (Å²) in [7, 11) is -3.08. The third kappa shape index (κ3) is 7.89. The zero-order valence-electron chi connectivity index (χ0n) is 18.3. The Morgan fingerprint density at radius 2 is 1.22 bits per heavy atom. The first-order valence-electron chi connectivity index (χ1n) is 9.82. The van der Waals surface area contributed by atoms with Crippen LogP contribution >= 0.6 is 0 Å². The van der Waals surface area contributed by atoms with E-state index < -0.39 is 25.6 Å². The molecular formula is C19H38O7Si. The summed E-state index contributed by atoms with van der Waals surface area (Å²) in [5.74, 6) is -0.711. The lowest BCUT2D eigenvalue weighted by Gasteiger charge is -2.34. The Bertz CT molecular complexity index is 450. The maximum atomic E-state index is 12.9. The monoisotopic (exact) mass is 406 g/mol. The van der Waals surface area contributed by atoms with Crippen molar-refractivity contribution in [2.75, 3.05) is 32.7 Å². The predicted octanol–water partition coefficient (Wildman–Crippen LogP) is 3.51. The SMILES string of the molecule is CCOC(=O)C(C)(C)CC(C)(CC)C(=O)OC[Si](OCC)(OCC)OCC. The van der Waals surface area contributed by atoms with Crippen LogP contribution in [-0.2, 0) is 32.3 Å². The van der Waals surface area contributed by atoms with Gasteiger partial charge in [0.05, 0.1) is 17.4 Å². The second-order valence-corrected chi connectivity index (χ2v) is 9.77. The number of rotatable bonds is 14. The second-order valence-electron chi connectivity index (χ2n) is 7.25. The Hall–Kier alpha value is -0.963. The summed E-state index contributed by atoms with van der Waals surface area (Å²) in [6.07, 6.45) is 0.804. The molecule has 27 heavy (non-hydrogen) atoms. The van der Waals surface area contributed by atoms with Crippen molar-refractivity contribution in [3.8, 4) is 0 Å². The van der Waals surface area contributed by atoms with Crippen molar-refractivity contribution in [2.24, 2.45) is 10.8 Å². The molecule has 160 valence electrons. The third-order valence-corrected chi connectivity index (χ3v) is 7.09. The Kier molecular flexibility index (Phi) is 11.4. The van der Waals surface area contributed by atoms with Crippen LogP contribution in [0.4, 0.5) is 0 Å². The van der Waals surface area contributed by atoms with Crippen molar-refractivity contribution in [2.45, 2.75) is 68.2 Å². The smallest absolute Gasteiger partial charge is 0.466 e. The van der Waals surface area contributed by atoms with Crippen LogP contribution in [0.1, 0.15) is 68.2 Å². The molecule has 0 rings (SSSR count). The van der Waals surface area contributed by atoms with Crippen molar-refractivity contribution in [1.82, 2.24) is 0 Å². The fraction of sp³-hybridized carbons (Fsp3) is 0.895. The molecule has 0 aromatic heterocycles. The minimum Gasteiger partial charge on any atom is -0.466 e. The standard InChI is InChI=1S/C19H38O7Si/c1-9-19(8,14-18(6,7)16(20)22-10-2)17(21)23-15-27(24-11-3,25-12-4)26-13-5/h9-15H2,1-8H3. The van der Waals surface area contributed by atoms with Crippen LogP contribution in [0.3, 0.4) is 0 Å². The zero-order valence-corrected chi connectivity index (χ0v) is 19.3. The molecule has 0 spiro atoms. The van der Waals surface area contributed by atoms with Crippen molar-refractivity contribution in [3.05, 3.63) is 0 Å². The van der Waals surface area contributed by atoms with Crippen molar-refractivity contribution in [1.29, 1.82) is 0 Å². The van der Waals surface area contributed by atoms with Crippen molar-refractivity contribution >= 4 is 20.7 Å². The molecule has 8 heteroatoms. The lowest BCUT2D eigenvalue weighted by Crippen LogP contribution is -2.52. The molecule has 0 aliphatic rings. The van der Waals surface area contributed by atoms with Gasteiger partial charge in [-0.2, -0.15) is 0 Å². The maximum Gasteiger partial charge on any atom is 0.540 e. The molecule has 0 radical (unpaired) electrons. The summed E-state index contributed by atoms with van der Waals surface area (Å²) >= 11 is 0. The molecule has 0 saturated carbocycles. The van der Waals surface area contributed by atoms with Gasteiger partial charge < -0.3 is 22.8 Å². The van der Waals surface area contributed by atoms with E-state index in [2.05, 4.69) is 0 Å². The van der Waals surface area contributed by atoms with Gasteiger partial charge in [0.1, 0.15) is 0 Å². The van der Waals surface area contributed by atoms with Gasteiger partial charge >= 0.3 is 20.7 Å². The third-order valence-electron chi connectivity index (χ3n) is 4.41. The first-order valence-corrected chi connectivity index (χ1v) is 11.8. The Labute approximate surface area is 165 Å². The van der Waals surface area contributed by atoms with E-state index in [1.807, 2.05) is 34.6 Å². The highest BCUT2D eigenvalue weighted by molar-refractivity contribution is 6.60. The molecular weight excluding hydrogens is 368 g/mol. The van der Waals surface area contributed by atoms with Gasteiger partial charge in [0, 0.05) is 19.8 Å². The molecule has 0 aromatic carbocycles. The van der Waals surface area contributed by atoms with E-state index >= 15 is 0 Å². The fourth-order valence-corrected chi connectivity index (χ4v) is 5.08. The normalized spacial score (nSPS) is 14.5. The van der Waals surface area contributed by atoms with Gasteiger partial charge in [0.2, 0.25) is 0 Å². The molecule has 0 heterocycles. The summed E-state index contributed by atoms with van der Waals surface area (Å²) in [4.78, 5) is 25.1. The first kappa shape index (κ1) is 26.0. The summed E-state index contributed by atoms with van der Waals surface area (Å²) in [6.45, 7) is 16.1. The topological polar surface area (TPSA) is 80.3 Å². The Morgan fingerprint density at radius 1 is 0.741 bits per heavy atom. The summed E-state index contributed by atoms with van der Waals surface area (Å²) < 4.78 is 27.9. The fourth-order valence-electron chi connectivity index (χ4n) is 2.95. The van der Waals surface area contributed by atoms with Gasteiger partial charge in [0.25, 0.3) is 0 Å². The number of carbonyl (C=O) groups is 2. The van der Waals surface area contributed by atoms with Crippen LogP contribution in [0.25, 0.3) is 0 Å². The van der Waals surface area contributed by atoms with E-state index in [-0.39, 0.29) is 12.2 Å². The summed E-state index contributed by atoms with van der Waals surface area (Å²) in [6, 6.07) is 0. The van der Waals surface area contributed by atoms with Crippen LogP contribution in [0.5, 0.6) is 0 Å². The van der Waals surface area contributed by atoms with E-state index in [9.17, 15) is 9.59 Å². The van der Waals surface area contributed by atoms with Crippen LogP contribution in [0.2, 0.25) is 0 Å². The molecule has 0 aliphatic carbocycles. The molecule has 0 fully saturated rings. The molecule has 0 saturated heterocycles. The van der Waals surface area contributed by atoms with Gasteiger partial charge in [-0.05, 0) is 61.3 Å². The van der Waals surface area contributed by atoms with Crippen molar-refractivity contribution in [3.63, 3.8) is 0 Å². The van der Waals surface area contributed by atoms with Gasteiger partial charge in [-0.3, -0.25) is 9.59 Å². The van der Waals surface area contributed by atoms with Gasteiger partial charge in [-0.1, -0.05) is 6.92 Å². The van der Waals surface area contributed by atoms with E-state index in [1.165, 1.54) is 0 Å². The quantitative estimate of drug-likeness (QED) is 0.322. The van der Waals surface area contributed by atoms with Gasteiger partial charge in [-0.25, -0.2) is 0 Å². The largest absolute Gasteiger partial charge is 0.540 e. The summed E-state index contributed by atoms with van der Waals surface area (Å²) in [5, 5.41) is 0. The highest BCUT2D eigenvalue weighted by Crippen LogP contribution is 2.38. The average molecular weight is 407 g/mol. The molecule has 0 amide bonds. The average Bonchev–Trinajstić information content (AvgIpc) is 2.60. The Morgan fingerprint density at radius 3 is 1.59 bits per heavy atom. The first-order chi connectivity index (χ1) is 12.6. The lowest BCUT2D eigenvalue weighted by atomic mass is 9.72. The predicted molar refractivity (Wildman–Crippen MR) is 105 cm³/mol. The van der Waals surface area contributed by atoms with E-state index in [0.717, 1.165) is 0 Å². The molecule has 0 N–H and O–H groups in total. The van der Waals surface area contributed by atoms with Crippen LogP contribution < -0.4 is 0 Å². The zero-order chi connectivity index (χ0) is 21.1. The molecule has 1 atom stereocenters. The van der Waals surface area contributed by atoms with Gasteiger partial charge in [0.15, 0.2) is 6.23 Å². The van der Waals surface area contributed by atoms with Gasteiger partial charge in [-0.15, -0.1) is 0 Å². The molecule has 7 nitrogen and oxygen atoms in total. The molecule has 1 unspecified atom stereocenters. The lowest BCUT2D eigenvalue weighted by molar-refractivity contribution is -0.163. The van der Waals surface area contributed by atoms with Crippen LogP contribution in [0, 0.1) is 10.8 Å². The molecule has 0 aliphatic heterocycles. The second kappa shape index (κ2) is 11.8. The van der Waals surface area contributed by atoms with Crippen molar-refractivity contribution < 1.29 is 32.3 Å². The van der Waals surface area contributed by atoms with E-state index in [4.69, 9.17) is 22.8 Å². The molecule has 0 bridgehead atoms. The number of carbonyl (C=O) groups excluding carboxylic acids is 2. The Balaban J connectivity index is 5.25. The minimum absolute atomic E-state index is 0.0449. The number of hydrogen-bond donors (Lipinski definition) is 0. The number of esters is 2. The minimum atomic E-state index is -3.08. The maximum absolute atomic E-state index is 12.9. The highest BCUT2D eigenvalue weighted by Gasteiger charge is 2.47. The number of hydrogen-bond acceptors (Lipinski definition) is 7. The summed E-state index contributed by atoms with van der Waals surface area (Å²) in [5.41, 5.74) is -1.63. The van der Waals surface area contributed by atoms with Crippen LogP contribution in [-0.4, -0.2) is 53.4 Å². The van der Waals surface area contributed by atoms with Crippen LogP contribution in [0.15, 0.2) is 0 Å². The van der Waals surface area contributed by atoms with E-state index in [0.29, 0.717) is 39.3 Å². The molecule has 0 aromatic rings. The number of ether oxygens (including phenoxy) is 2. The highest BCUT2D eigenvalue weighted by atomic mass is 28.4.